The van der Waals surface area contributed by atoms with Crippen LogP contribution in [-0.4, -0.2) is 17.4 Å². The highest BCUT2D eigenvalue weighted by molar-refractivity contribution is 6.16. The molecule has 1 aliphatic carbocycles. The maximum atomic E-state index is 13.6. The largest absolute Gasteiger partial charge is 0.416 e. The Hall–Kier alpha value is -3.54. The van der Waals surface area contributed by atoms with Crippen molar-refractivity contribution < 1.29 is 13.2 Å². The first kappa shape index (κ1) is 30.5. The summed E-state index contributed by atoms with van der Waals surface area (Å²) in [7, 11) is 2.44. The van der Waals surface area contributed by atoms with E-state index >= 15 is 0 Å². The average molecular weight is 595 g/mol. The fourth-order valence-electron chi connectivity index (χ4n) is 6.94. The second-order valence-corrected chi connectivity index (χ2v) is 14.6. The Morgan fingerprint density at radius 2 is 1.39 bits per heavy atom. The van der Waals surface area contributed by atoms with E-state index in [1.165, 1.54) is 48.4 Å². The number of benzene rings is 4. The number of fused-ring (bicyclic) bond motifs is 2. The van der Waals surface area contributed by atoms with Crippen LogP contribution >= 0.6 is 0 Å². The lowest BCUT2D eigenvalue weighted by Gasteiger charge is -2.43. The maximum absolute atomic E-state index is 13.6. The Morgan fingerprint density at radius 1 is 0.773 bits per heavy atom. The lowest BCUT2D eigenvalue weighted by molar-refractivity contribution is -0.137. The molecule has 0 N–H and O–H groups in total. The topological polar surface area (TPSA) is 17.8 Å². The molecule has 0 amide bonds. The van der Waals surface area contributed by atoms with Gasteiger partial charge in [0, 0.05) is 5.56 Å². The van der Waals surface area contributed by atoms with Gasteiger partial charge < -0.3 is 0 Å². The average Bonchev–Trinajstić information content (AvgIpc) is 3.36. The number of hydrogen-bond donors (Lipinski definition) is 0. The van der Waals surface area contributed by atoms with Gasteiger partial charge in [-0.05, 0) is 93.2 Å². The van der Waals surface area contributed by atoms with Crippen molar-refractivity contribution in [3.63, 3.8) is 0 Å². The molecule has 5 aromatic rings. The Kier molecular flexibility index (Phi) is 7.50. The van der Waals surface area contributed by atoms with Crippen LogP contribution in [0.5, 0.6) is 0 Å². The summed E-state index contributed by atoms with van der Waals surface area (Å²) in [6, 6.07) is 22.7. The van der Waals surface area contributed by atoms with Gasteiger partial charge in [0.15, 0.2) is 0 Å². The lowest BCUT2D eigenvalue weighted by Crippen LogP contribution is -2.35. The molecule has 0 spiro atoms. The predicted molar refractivity (Wildman–Crippen MR) is 180 cm³/mol. The van der Waals surface area contributed by atoms with Crippen molar-refractivity contribution in [2.45, 2.75) is 90.6 Å². The highest BCUT2D eigenvalue weighted by Gasteiger charge is 2.37. The smallest absolute Gasteiger partial charge is 0.292 e. The first-order valence-corrected chi connectivity index (χ1v) is 15.9. The van der Waals surface area contributed by atoms with E-state index in [9.17, 15) is 13.2 Å². The van der Waals surface area contributed by atoms with Crippen LogP contribution in [0.15, 0.2) is 72.8 Å². The van der Waals surface area contributed by atoms with Crippen molar-refractivity contribution in [2.75, 3.05) is 0 Å². The number of para-hydroxylation sites is 2. The van der Waals surface area contributed by atoms with Gasteiger partial charge in [-0.3, -0.25) is 4.57 Å². The van der Waals surface area contributed by atoms with Crippen LogP contribution in [0.1, 0.15) is 101 Å². The zero-order valence-corrected chi connectivity index (χ0v) is 26.9. The van der Waals surface area contributed by atoms with Gasteiger partial charge in [-0.2, -0.15) is 13.2 Å². The first-order chi connectivity index (χ1) is 20.7. The summed E-state index contributed by atoms with van der Waals surface area (Å²) in [6.07, 6.45) is 0.374. The van der Waals surface area contributed by atoms with Crippen molar-refractivity contribution in [3.05, 3.63) is 95.1 Å². The molecule has 1 fully saturated rings. The summed E-state index contributed by atoms with van der Waals surface area (Å²) in [4.78, 5) is 5.12. The number of imidazole rings is 1. The highest BCUT2D eigenvalue weighted by atomic mass is 19.4. The van der Waals surface area contributed by atoms with Crippen molar-refractivity contribution in [1.29, 1.82) is 0 Å². The van der Waals surface area contributed by atoms with Gasteiger partial charge in [0.05, 0.1) is 22.3 Å². The van der Waals surface area contributed by atoms with Crippen LogP contribution in [-0.2, 0) is 11.5 Å². The molecular weight excluding hydrogens is 552 g/mol. The van der Waals surface area contributed by atoms with Gasteiger partial charge in [-0.1, -0.05) is 96.8 Å². The molecule has 1 heterocycles. The summed E-state index contributed by atoms with van der Waals surface area (Å²) < 4.78 is 43.1. The fourth-order valence-corrected chi connectivity index (χ4v) is 6.94. The molecule has 0 radical (unpaired) electrons. The van der Waals surface area contributed by atoms with Gasteiger partial charge in [0.1, 0.15) is 13.7 Å². The number of aromatic nitrogens is 2. The third-order valence-electron chi connectivity index (χ3n) is 10.0. The molecule has 1 aliphatic rings. The summed E-state index contributed by atoms with van der Waals surface area (Å²) in [5.74, 6) is 1.25. The molecular formula is C38H42BF3N2. The highest BCUT2D eigenvalue weighted by Crippen LogP contribution is 2.47. The van der Waals surface area contributed by atoms with Crippen LogP contribution in [0, 0.1) is 5.41 Å². The van der Waals surface area contributed by atoms with Crippen molar-refractivity contribution in [3.8, 4) is 17.1 Å². The van der Waals surface area contributed by atoms with Gasteiger partial charge in [0.25, 0.3) is 0 Å². The lowest BCUT2D eigenvalue weighted by atomic mass is 9.52. The Bertz CT molecular complexity index is 1820. The zero-order valence-electron chi connectivity index (χ0n) is 26.9. The molecule has 0 aliphatic heterocycles. The van der Waals surface area contributed by atoms with E-state index in [1.807, 2.05) is 36.4 Å². The van der Waals surface area contributed by atoms with Crippen molar-refractivity contribution in [2.24, 2.45) is 5.41 Å². The molecule has 44 heavy (non-hydrogen) atoms. The third-order valence-corrected chi connectivity index (χ3v) is 10.0. The minimum atomic E-state index is -4.40. The SMILES string of the molecule is BC1(c2cc(C(C)C)c(-n3c(-c4ccc5ccc(C(F)(F)F)cc5c4)nc4ccccc43)c(C(C)C)c2)CCC(C)(C)CC1. The summed E-state index contributed by atoms with van der Waals surface area (Å²) in [5.41, 5.74) is 7.51. The molecule has 1 saturated carbocycles. The van der Waals surface area contributed by atoms with Crippen LogP contribution in [0.3, 0.4) is 0 Å². The summed E-state index contributed by atoms with van der Waals surface area (Å²) in [6.45, 7) is 13.8. The number of rotatable bonds is 5. The number of halogens is 3. The zero-order chi connectivity index (χ0) is 31.6. The van der Waals surface area contributed by atoms with E-state index in [0.717, 1.165) is 39.6 Å². The molecule has 4 aromatic carbocycles. The minimum Gasteiger partial charge on any atom is -0.292 e. The molecule has 0 atom stereocenters. The van der Waals surface area contributed by atoms with E-state index in [4.69, 9.17) is 4.98 Å². The van der Waals surface area contributed by atoms with E-state index in [-0.39, 0.29) is 17.2 Å². The number of nitrogens with zero attached hydrogens (tertiary/aromatic N) is 2. The van der Waals surface area contributed by atoms with Gasteiger partial charge in [-0.15, -0.1) is 0 Å². The Balaban J connectivity index is 1.61. The Morgan fingerprint density at radius 3 is 2.00 bits per heavy atom. The molecule has 6 rings (SSSR count). The van der Waals surface area contributed by atoms with Gasteiger partial charge in [0.2, 0.25) is 0 Å². The minimum absolute atomic E-state index is 0.121. The van der Waals surface area contributed by atoms with Gasteiger partial charge >= 0.3 is 6.18 Å². The standard InChI is InChI=1S/C38H42BF3N2/c1-23(2)30-21-29(37(39)17-15-36(5,6)16-18-37)22-31(24(3)4)34(30)44-33-10-8-7-9-32(33)43-35(44)26-12-11-25-13-14-28(38(40,41)42)20-27(25)19-26/h7-14,19-24H,15-18,39H2,1-6H3. The van der Waals surface area contributed by atoms with Crippen molar-refractivity contribution in [1.82, 2.24) is 9.55 Å². The second-order valence-electron chi connectivity index (χ2n) is 14.6. The van der Waals surface area contributed by atoms with Gasteiger partial charge in [-0.25, -0.2) is 4.98 Å². The normalized spacial score (nSPS) is 16.8. The first-order valence-electron chi connectivity index (χ1n) is 15.9. The maximum Gasteiger partial charge on any atom is 0.416 e. The fraction of sp³-hybridized carbons (Fsp3) is 0.395. The molecule has 228 valence electrons. The van der Waals surface area contributed by atoms with Crippen LogP contribution in [0.25, 0.3) is 38.9 Å². The molecule has 6 heteroatoms. The number of alkyl halides is 3. The van der Waals surface area contributed by atoms with E-state index in [0.29, 0.717) is 10.8 Å². The molecule has 1 aromatic heterocycles. The summed E-state index contributed by atoms with van der Waals surface area (Å²) >= 11 is 0. The third kappa shape index (κ3) is 5.46. The van der Waals surface area contributed by atoms with E-state index in [2.05, 4.69) is 72.2 Å². The van der Waals surface area contributed by atoms with Crippen LogP contribution < -0.4 is 0 Å². The quantitative estimate of drug-likeness (QED) is 0.185. The molecule has 0 unspecified atom stereocenters. The van der Waals surface area contributed by atoms with Crippen LogP contribution in [0.2, 0.25) is 0 Å². The number of hydrogen-bond acceptors (Lipinski definition) is 1. The molecule has 0 saturated heterocycles. The second kappa shape index (κ2) is 10.8. The van der Waals surface area contributed by atoms with E-state index in [1.54, 1.807) is 6.07 Å². The molecule has 0 bridgehead atoms. The predicted octanol–water partition coefficient (Wildman–Crippen LogP) is 10.5. The molecule has 2 nitrogen and oxygen atoms in total. The Labute approximate surface area is 260 Å². The monoisotopic (exact) mass is 594 g/mol. The summed E-state index contributed by atoms with van der Waals surface area (Å²) in [5, 5.41) is 1.44. The van der Waals surface area contributed by atoms with Crippen molar-refractivity contribution >= 4 is 29.7 Å². The van der Waals surface area contributed by atoms with Crippen LogP contribution in [0.4, 0.5) is 13.2 Å². The van der Waals surface area contributed by atoms with E-state index < -0.39 is 11.7 Å².